The number of rotatable bonds is 2. The molecule has 1 aromatic carbocycles. The van der Waals surface area contributed by atoms with Crippen molar-refractivity contribution in [3.05, 3.63) is 23.8 Å². The van der Waals surface area contributed by atoms with E-state index >= 15 is 0 Å². The number of isocyanates is 1. The molecule has 19 heavy (non-hydrogen) atoms. The van der Waals surface area contributed by atoms with Gasteiger partial charge >= 0.3 is 6.18 Å². The molecule has 0 radical (unpaired) electrons. The number of benzene rings is 1. The Hall–Kier alpha value is -1.85. The van der Waals surface area contributed by atoms with Crippen LogP contribution in [0, 0.1) is 0 Å². The van der Waals surface area contributed by atoms with Crippen LogP contribution in [0.3, 0.4) is 0 Å². The zero-order chi connectivity index (χ0) is 13.9. The molecule has 2 rings (SSSR count). The van der Waals surface area contributed by atoms with E-state index < -0.39 is 11.7 Å². The van der Waals surface area contributed by atoms with Gasteiger partial charge in [-0.15, -0.1) is 0 Å². The Balaban J connectivity index is 2.41. The monoisotopic (exact) mass is 272 g/mol. The SMILES string of the molecule is O=C=Nc1cc(N2CCOCC2)cc(C(F)(F)F)c1. The van der Waals surface area contributed by atoms with Crippen molar-refractivity contribution in [1.82, 2.24) is 0 Å². The molecule has 102 valence electrons. The third-order valence-electron chi connectivity index (χ3n) is 2.78. The van der Waals surface area contributed by atoms with Crippen molar-refractivity contribution in [1.29, 1.82) is 0 Å². The van der Waals surface area contributed by atoms with Gasteiger partial charge in [-0.2, -0.15) is 18.2 Å². The van der Waals surface area contributed by atoms with Gasteiger partial charge in [0.25, 0.3) is 0 Å². The fraction of sp³-hybridized carbons (Fsp3) is 0.417. The first kappa shape index (κ1) is 13.6. The first-order chi connectivity index (χ1) is 9.00. The van der Waals surface area contributed by atoms with E-state index in [4.69, 9.17) is 4.74 Å². The first-order valence-corrected chi connectivity index (χ1v) is 5.63. The third kappa shape index (κ3) is 3.33. The molecule has 0 unspecified atom stereocenters. The van der Waals surface area contributed by atoms with Crippen molar-refractivity contribution in [3.8, 4) is 0 Å². The van der Waals surface area contributed by atoms with Gasteiger partial charge in [0.15, 0.2) is 0 Å². The van der Waals surface area contributed by atoms with E-state index in [-0.39, 0.29) is 5.69 Å². The summed E-state index contributed by atoms with van der Waals surface area (Å²) < 4.78 is 43.5. The number of morpholine rings is 1. The maximum atomic E-state index is 12.8. The molecule has 1 fully saturated rings. The van der Waals surface area contributed by atoms with Gasteiger partial charge in [0.2, 0.25) is 6.08 Å². The highest BCUT2D eigenvalue weighted by molar-refractivity contribution is 5.61. The maximum absolute atomic E-state index is 12.8. The predicted octanol–water partition coefficient (Wildman–Crippen LogP) is 2.51. The quantitative estimate of drug-likeness (QED) is 0.613. The van der Waals surface area contributed by atoms with Crippen molar-refractivity contribution in [2.45, 2.75) is 6.18 Å². The minimum atomic E-state index is -4.48. The van der Waals surface area contributed by atoms with E-state index in [9.17, 15) is 18.0 Å². The number of hydrogen-bond donors (Lipinski definition) is 0. The zero-order valence-corrected chi connectivity index (χ0v) is 9.91. The molecule has 7 heteroatoms. The van der Waals surface area contributed by atoms with Crippen molar-refractivity contribution in [2.75, 3.05) is 31.2 Å². The van der Waals surface area contributed by atoms with Gasteiger partial charge in [-0.25, -0.2) is 4.79 Å². The number of nitrogens with zero attached hydrogens (tertiary/aromatic N) is 2. The van der Waals surface area contributed by atoms with Gasteiger partial charge in [0, 0.05) is 18.8 Å². The van der Waals surface area contributed by atoms with Gasteiger partial charge in [0.1, 0.15) is 0 Å². The average molecular weight is 272 g/mol. The summed E-state index contributed by atoms with van der Waals surface area (Å²) in [6.07, 6.45) is -3.22. The van der Waals surface area contributed by atoms with Gasteiger partial charge in [-0.1, -0.05) is 0 Å². The molecule has 0 aliphatic carbocycles. The molecule has 1 aliphatic heterocycles. The molecule has 1 saturated heterocycles. The molecule has 0 bridgehead atoms. The summed E-state index contributed by atoms with van der Waals surface area (Å²) in [6, 6.07) is 3.31. The van der Waals surface area contributed by atoms with E-state index in [0.717, 1.165) is 12.1 Å². The maximum Gasteiger partial charge on any atom is 0.416 e. The van der Waals surface area contributed by atoms with Crippen LogP contribution in [0.4, 0.5) is 24.5 Å². The lowest BCUT2D eigenvalue weighted by Gasteiger charge is -2.29. The van der Waals surface area contributed by atoms with Gasteiger partial charge < -0.3 is 9.64 Å². The van der Waals surface area contributed by atoms with Gasteiger partial charge in [-0.3, -0.25) is 0 Å². The number of carbonyl (C=O) groups excluding carboxylic acids is 1. The van der Waals surface area contributed by atoms with Crippen LogP contribution in [0.2, 0.25) is 0 Å². The third-order valence-corrected chi connectivity index (χ3v) is 2.78. The lowest BCUT2D eigenvalue weighted by molar-refractivity contribution is -0.137. The molecule has 1 aromatic rings. The molecule has 0 atom stereocenters. The van der Waals surface area contributed by atoms with E-state index in [1.165, 1.54) is 12.1 Å². The van der Waals surface area contributed by atoms with Crippen LogP contribution in [0.1, 0.15) is 5.56 Å². The number of halogens is 3. The minimum absolute atomic E-state index is 0.0497. The molecule has 0 spiro atoms. The average Bonchev–Trinajstić information content (AvgIpc) is 2.39. The molecular formula is C12H11F3N2O2. The van der Waals surface area contributed by atoms with E-state index in [1.807, 2.05) is 0 Å². The summed E-state index contributed by atoms with van der Waals surface area (Å²) in [7, 11) is 0. The van der Waals surface area contributed by atoms with Crippen LogP contribution in [0.5, 0.6) is 0 Å². The lowest BCUT2D eigenvalue weighted by Crippen LogP contribution is -2.36. The summed E-state index contributed by atoms with van der Waals surface area (Å²) in [5.74, 6) is 0. The Morgan fingerprint density at radius 1 is 1.21 bits per heavy atom. The fourth-order valence-corrected chi connectivity index (χ4v) is 1.88. The van der Waals surface area contributed by atoms with E-state index in [1.54, 1.807) is 4.90 Å². The van der Waals surface area contributed by atoms with Gasteiger partial charge in [0.05, 0.1) is 24.5 Å². The second-order valence-electron chi connectivity index (χ2n) is 4.04. The molecule has 1 heterocycles. The van der Waals surface area contributed by atoms with E-state index in [0.29, 0.717) is 32.0 Å². The van der Waals surface area contributed by atoms with Crippen molar-refractivity contribution >= 4 is 17.5 Å². The van der Waals surface area contributed by atoms with Gasteiger partial charge in [-0.05, 0) is 18.2 Å². The Morgan fingerprint density at radius 3 is 2.47 bits per heavy atom. The van der Waals surface area contributed by atoms with Crippen molar-refractivity contribution in [2.24, 2.45) is 4.99 Å². The molecular weight excluding hydrogens is 261 g/mol. The molecule has 0 N–H and O–H groups in total. The van der Waals surface area contributed by atoms with Crippen LogP contribution in [0.15, 0.2) is 23.2 Å². The number of hydrogen-bond acceptors (Lipinski definition) is 4. The molecule has 0 aromatic heterocycles. The molecule has 0 saturated carbocycles. The van der Waals surface area contributed by atoms with Crippen LogP contribution < -0.4 is 4.90 Å². The smallest absolute Gasteiger partial charge is 0.378 e. The van der Waals surface area contributed by atoms with Crippen LogP contribution in [-0.4, -0.2) is 32.4 Å². The number of anilines is 1. The second kappa shape index (κ2) is 5.42. The zero-order valence-electron chi connectivity index (χ0n) is 9.91. The first-order valence-electron chi connectivity index (χ1n) is 5.63. The van der Waals surface area contributed by atoms with Crippen LogP contribution >= 0.6 is 0 Å². The minimum Gasteiger partial charge on any atom is -0.378 e. The Kier molecular flexibility index (Phi) is 3.87. The standard InChI is InChI=1S/C12H11F3N2O2/c13-12(14,15)9-5-10(16-8-18)7-11(6-9)17-1-3-19-4-2-17/h5-7H,1-4H2. The highest BCUT2D eigenvalue weighted by atomic mass is 19.4. The Bertz CT molecular complexity index is 504. The Morgan fingerprint density at radius 2 is 1.89 bits per heavy atom. The topological polar surface area (TPSA) is 41.9 Å². The highest BCUT2D eigenvalue weighted by Gasteiger charge is 2.31. The predicted molar refractivity (Wildman–Crippen MR) is 62.3 cm³/mol. The largest absolute Gasteiger partial charge is 0.416 e. The van der Waals surface area contributed by atoms with Crippen LogP contribution in [0.25, 0.3) is 0 Å². The summed E-state index contributed by atoms with van der Waals surface area (Å²) in [6.45, 7) is 1.93. The summed E-state index contributed by atoms with van der Waals surface area (Å²) in [4.78, 5) is 15.3. The number of alkyl halides is 3. The number of aliphatic imine (C=N–C) groups is 1. The fourth-order valence-electron chi connectivity index (χ4n) is 1.88. The normalized spacial score (nSPS) is 16.1. The van der Waals surface area contributed by atoms with E-state index in [2.05, 4.69) is 4.99 Å². The lowest BCUT2D eigenvalue weighted by atomic mass is 10.1. The summed E-state index contributed by atoms with van der Waals surface area (Å²) in [5.41, 5.74) is -0.496. The van der Waals surface area contributed by atoms with Crippen LogP contribution in [-0.2, 0) is 15.7 Å². The van der Waals surface area contributed by atoms with Crippen molar-refractivity contribution in [3.63, 3.8) is 0 Å². The molecule has 1 aliphatic rings. The Labute approximate surface area is 107 Å². The summed E-state index contributed by atoms with van der Waals surface area (Å²) >= 11 is 0. The number of ether oxygens (including phenoxy) is 1. The summed E-state index contributed by atoms with van der Waals surface area (Å²) in [5, 5.41) is 0. The molecule has 0 amide bonds. The highest BCUT2D eigenvalue weighted by Crippen LogP contribution is 2.35. The second-order valence-corrected chi connectivity index (χ2v) is 4.04. The van der Waals surface area contributed by atoms with Crippen molar-refractivity contribution < 1.29 is 22.7 Å². The molecule has 4 nitrogen and oxygen atoms in total.